The van der Waals surface area contributed by atoms with Crippen LogP contribution in [-0.2, 0) is 4.79 Å². The molecule has 6 nitrogen and oxygen atoms in total. The molecule has 1 aromatic carbocycles. The Hall–Kier alpha value is -2.08. The standard InChI is InChI=1S/C16H24N2O4/c1-6-12(17-15(20)16(2,3)4)11-8-7-10(14(19)18-21)9-13(11)22-5/h7-9,12,21H,6H2,1-5H3,(H,17,20)(H,18,19)/t12-/m1/s1. The zero-order chi connectivity index (χ0) is 16.9. The molecule has 0 aromatic heterocycles. The van der Waals surface area contributed by atoms with Crippen molar-refractivity contribution in [3.8, 4) is 5.75 Å². The summed E-state index contributed by atoms with van der Waals surface area (Å²) >= 11 is 0. The van der Waals surface area contributed by atoms with E-state index >= 15 is 0 Å². The van der Waals surface area contributed by atoms with E-state index in [4.69, 9.17) is 9.94 Å². The van der Waals surface area contributed by atoms with Gasteiger partial charge in [0.1, 0.15) is 5.75 Å². The van der Waals surface area contributed by atoms with E-state index in [0.29, 0.717) is 12.2 Å². The Morgan fingerprint density at radius 1 is 1.32 bits per heavy atom. The lowest BCUT2D eigenvalue weighted by atomic mass is 9.93. The minimum atomic E-state index is -0.614. The second-order valence-electron chi connectivity index (χ2n) is 6.08. The number of carbonyl (C=O) groups excluding carboxylic acids is 2. The molecule has 0 saturated heterocycles. The predicted molar refractivity (Wildman–Crippen MR) is 82.9 cm³/mol. The topological polar surface area (TPSA) is 87.7 Å². The first kappa shape index (κ1) is 18.0. The van der Waals surface area contributed by atoms with Gasteiger partial charge < -0.3 is 10.1 Å². The van der Waals surface area contributed by atoms with E-state index < -0.39 is 11.3 Å². The average molecular weight is 308 g/mol. The van der Waals surface area contributed by atoms with Gasteiger partial charge in [0.25, 0.3) is 5.91 Å². The molecule has 22 heavy (non-hydrogen) atoms. The lowest BCUT2D eigenvalue weighted by Crippen LogP contribution is -2.37. The summed E-state index contributed by atoms with van der Waals surface area (Å²) in [5.74, 6) is -0.183. The van der Waals surface area contributed by atoms with Gasteiger partial charge in [0, 0.05) is 16.5 Å². The molecular formula is C16H24N2O4. The highest BCUT2D eigenvalue weighted by Crippen LogP contribution is 2.29. The fraction of sp³-hybridized carbons (Fsp3) is 0.500. The van der Waals surface area contributed by atoms with Gasteiger partial charge in [-0.1, -0.05) is 33.8 Å². The Morgan fingerprint density at radius 3 is 2.41 bits per heavy atom. The van der Waals surface area contributed by atoms with E-state index in [1.807, 2.05) is 27.7 Å². The van der Waals surface area contributed by atoms with E-state index in [1.165, 1.54) is 13.2 Å². The average Bonchev–Trinajstić information content (AvgIpc) is 2.50. The summed E-state index contributed by atoms with van der Waals surface area (Å²) in [7, 11) is 1.50. The van der Waals surface area contributed by atoms with Gasteiger partial charge in [-0.05, 0) is 18.6 Å². The van der Waals surface area contributed by atoms with Gasteiger partial charge in [0.05, 0.1) is 13.2 Å². The van der Waals surface area contributed by atoms with Crippen molar-refractivity contribution in [3.63, 3.8) is 0 Å². The molecule has 6 heteroatoms. The van der Waals surface area contributed by atoms with Crippen molar-refractivity contribution in [3.05, 3.63) is 29.3 Å². The summed E-state index contributed by atoms with van der Waals surface area (Å²) in [6, 6.07) is 4.62. The van der Waals surface area contributed by atoms with Crippen LogP contribution < -0.4 is 15.5 Å². The fourth-order valence-corrected chi connectivity index (χ4v) is 1.98. The number of ether oxygens (including phenoxy) is 1. The third-order valence-corrected chi connectivity index (χ3v) is 3.37. The molecule has 122 valence electrons. The van der Waals surface area contributed by atoms with Crippen molar-refractivity contribution in [2.75, 3.05) is 7.11 Å². The Labute approximate surface area is 130 Å². The monoisotopic (exact) mass is 308 g/mol. The summed E-state index contributed by atoms with van der Waals surface area (Å²) in [4.78, 5) is 23.6. The second kappa shape index (κ2) is 7.26. The van der Waals surface area contributed by atoms with Crippen molar-refractivity contribution in [1.29, 1.82) is 0 Å². The molecule has 0 aliphatic carbocycles. The van der Waals surface area contributed by atoms with Crippen LogP contribution in [-0.4, -0.2) is 24.1 Å². The number of hydrogen-bond acceptors (Lipinski definition) is 4. The third kappa shape index (κ3) is 4.21. The molecule has 1 rings (SSSR count). The molecular weight excluding hydrogens is 284 g/mol. The maximum atomic E-state index is 12.2. The molecule has 0 radical (unpaired) electrons. The van der Waals surface area contributed by atoms with Crippen LogP contribution in [0, 0.1) is 5.41 Å². The Kier molecular flexibility index (Phi) is 5.93. The summed E-state index contributed by atoms with van der Waals surface area (Å²) in [6.45, 7) is 7.50. The van der Waals surface area contributed by atoms with Crippen LogP contribution in [0.25, 0.3) is 0 Å². The third-order valence-electron chi connectivity index (χ3n) is 3.37. The smallest absolute Gasteiger partial charge is 0.274 e. The van der Waals surface area contributed by atoms with E-state index in [1.54, 1.807) is 17.6 Å². The molecule has 0 aliphatic rings. The first-order valence-electron chi connectivity index (χ1n) is 7.17. The summed E-state index contributed by atoms with van der Waals surface area (Å²) in [5.41, 5.74) is 2.16. The normalized spacial score (nSPS) is 12.5. The number of rotatable bonds is 5. The number of hydroxylamine groups is 1. The first-order valence-corrected chi connectivity index (χ1v) is 7.17. The van der Waals surface area contributed by atoms with Crippen molar-refractivity contribution in [2.45, 2.75) is 40.2 Å². The zero-order valence-electron chi connectivity index (χ0n) is 13.7. The quantitative estimate of drug-likeness (QED) is 0.576. The lowest BCUT2D eigenvalue weighted by Gasteiger charge is -2.25. The van der Waals surface area contributed by atoms with Crippen LogP contribution in [0.4, 0.5) is 0 Å². The number of amides is 2. The highest BCUT2D eigenvalue weighted by molar-refractivity contribution is 5.93. The van der Waals surface area contributed by atoms with Crippen LogP contribution in [0.2, 0.25) is 0 Å². The Bertz CT molecular complexity index is 550. The summed E-state index contributed by atoms with van der Waals surface area (Å²) in [5, 5.41) is 11.7. The molecule has 0 heterocycles. The van der Waals surface area contributed by atoms with Gasteiger partial charge in [-0.15, -0.1) is 0 Å². The molecule has 3 N–H and O–H groups in total. The highest BCUT2D eigenvalue weighted by Gasteiger charge is 2.25. The molecule has 1 aromatic rings. The number of nitrogens with one attached hydrogen (secondary N) is 2. The number of hydrogen-bond donors (Lipinski definition) is 3. The first-order chi connectivity index (χ1) is 10.2. The van der Waals surface area contributed by atoms with Gasteiger partial charge in [-0.3, -0.25) is 14.8 Å². The molecule has 0 spiro atoms. The lowest BCUT2D eigenvalue weighted by molar-refractivity contribution is -0.129. The van der Waals surface area contributed by atoms with Crippen molar-refractivity contribution >= 4 is 11.8 Å². The van der Waals surface area contributed by atoms with E-state index in [9.17, 15) is 9.59 Å². The number of benzene rings is 1. The molecule has 0 saturated carbocycles. The SMILES string of the molecule is CC[C@@H](NC(=O)C(C)(C)C)c1ccc(C(=O)NO)cc1OC. The van der Waals surface area contributed by atoms with Gasteiger partial charge in [0.2, 0.25) is 5.91 Å². The molecule has 1 atom stereocenters. The van der Waals surface area contributed by atoms with Crippen LogP contribution in [0.5, 0.6) is 5.75 Å². The molecule has 0 bridgehead atoms. The minimum absolute atomic E-state index is 0.0569. The van der Waals surface area contributed by atoms with E-state index in [-0.39, 0.29) is 17.5 Å². The summed E-state index contributed by atoms with van der Waals surface area (Å²) < 4.78 is 5.32. The maximum absolute atomic E-state index is 12.2. The van der Waals surface area contributed by atoms with Gasteiger partial charge in [-0.2, -0.15) is 0 Å². The Morgan fingerprint density at radius 2 is 1.95 bits per heavy atom. The highest BCUT2D eigenvalue weighted by atomic mass is 16.5. The molecule has 2 amide bonds. The van der Waals surface area contributed by atoms with Gasteiger partial charge >= 0.3 is 0 Å². The Balaban J connectivity index is 3.11. The van der Waals surface area contributed by atoms with Crippen molar-refractivity contribution in [2.24, 2.45) is 5.41 Å². The number of carbonyl (C=O) groups is 2. The zero-order valence-corrected chi connectivity index (χ0v) is 13.7. The van der Waals surface area contributed by atoms with Crippen molar-refractivity contribution < 1.29 is 19.5 Å². The largest absolute Gasteiger partial charge is 0.496 e. The summed E-state index contributed by atoms with van der Waals surface area (Å²) in [6.07, 6.45) is 0.684. The van der Waals surface area contributed by atoms with Crippen LogP contribution >= 0.6 is 0 Å². The van der Waals surface area contributed by atoms with Crippen LogP contribution in [0.3, 0.4) is 0 Å². The molecule has 0 unspecified atom stereocenters. The number of methoxy groups -OCH3 is 1. The maximum Gasteiger partial charge on any atom is 0.274 e. The fourth-order valence-electron chi connectivity index (χ4n) is 1.98. The van der Waals surface area contributed by atoms with Gasteiger partial charge in [-0.25, -0.2) is 5.48 Å². The predicted octanol–water partition coefficient (Wildman–Crippen LogP) is 2.43. The van der Waals surface area contributed by atoms with Crippen LogP contribution in [0.1, 0.15) is 56.1 Å². The van der Waals surface area contributed by atoms with Crippen LogP contribution in [0.15, 0.2) is 18.2 Å². The van der Waals surface area contributed by atoms with E-state index in [0.717, 1.165) is 5.56 Å². The van der Waals surface area contributed by atoms with Crippen molar-refractivity contribution in [1.82, 2.24) is 10.8 Å². The van der Waals surface area contributed by atoms with E-state index in [2.05, 4.69) is 5.32 Å². The molecule has 0 aliphatic heterocycles. The second-order valence-corrected chi connectivity index (χ2v) is 6.08. The van der Waals surface area contributed by atoms with Gasteiger partial charge in [0.15, 0.2) is 0 Å². The molecule has 0 fully saturated rings. The minimum Gasteiger partial charge on any atom is -0.496 e.